The molecule has 0 aliphatic carbocycles. The lowest BCUT2D eigenvalue weighted by molar-refractivity contribution is -0.147. The average molecular weight is 350 g/mol. The van der Waals surface area contributed by atoms with E-state index < -0.39 is 8.32 Å². The molecule has 0 N–H and O–H groups in total. The zero-order chi connectivity index (χ0) is 18.0. The predicted octanol–water partition coefficient (Wildman–Crippen LogP) is 4.21. The lowest BCUT2D eigenvalue weighted by Gasteiger charge is -2.42. The number of nitrogens with zero attached hydrogens (tertiary/aromatic N) is 1. The molecule has 1 unspecified atom stereocenters. The van der Waals surface area contributed by atoms with Crippen LogP contribution in [0.15, 0.2) is 24.3 Å². The normalized spacial score (nSPS) is 18.5. The molecule has 0 aromatic heterocycles. The van der Waals surface area contributed by atoms with Crippen LogP contribution in [0.3, 0.4) is 0 Å². The molecule has 1 aliphatic heterocycles. The smallest absolute Gasteiger partial charge is 0.225 e. The van der Waals surface area contributed by atoms with E-state index in [1.54, 1.807) is 7.11 Å². The summed E-state index contributed by atoms with van der Waals surface area (Å²) in [6.45, 7) is 12.7. The molecule has 1 aromatic rings. The Balaban J connectivity index is 1.85. The first kappa shape index (κ1) is 19.0. The largest absolute Gasteiger partial charge is 0.497 e. The molecule has 1 aromatic carbocycles. The van der Waals surface area contributed by atoms with Crippen molar-refractivity contribution in [2.75, 3.05) is 13.7 Å². The highest BCUT2D eigenvalue weighted by Crippen LogP contribution is 2.37. The van der Waals surface area contributed by atoms with Gasteiger partial charge in [-0.05, 0) is 42.2 Å². The monoisotopic (exact) mass is 349 g/mol. The van der Waals surface area contributed by atoms with Crippen molar-refractivity contribution in [3.63, 3.8) is 0 Å². The van der Waals surface area contributed by atoms with E-state index in [0.717, 1.165) is 24.3 Å². The van der Waals surface area contributed by atoms with E-state index in [4.69, 9.17) is 9.16 Å². The summed E-state index contributed by atoms with van der Waals surface area (Å²) in [6, 6.07) is 8.23. The van der Waals surface area contributed by atoms with Crippen molar-refractivity contribution in [3.05, 3.63) is 29.8 Å². The molecule has 134 valence electrons. The fraction of sp³-hybridized carbons (Fsp3) is 0.632. The van der Waals surface area contributed by atoms with Crippen LogP contribution in [0.4, 0.5) is 0 Å². The van der Waals surface area contributed by atoms with Gasteiger partial charge in [-0.15, -0.1) is 0 Å². The van der Waals surface area contributed by atoms with Crippen LogP contribution in [0.25, 0.3) is 0 Å². The third kappa shape index (κ3) is 4.39. The first-order valence-electron chi connectivity index (χ1n) is 8.70. The summed E-state index contributed by atoms with van der Waals surface area (Å²) in [5, 5.41) is 0.227. The zero-order valence-corrected chi connectivity index (χ0v) is 16.9. The maximum Gasteiger partial charge on any atom is 0.225 e. The van der Waals surface area contributed by atoms with E-state index in [2.05, 4.69) is 33.9 Å². The Morgan fingerprint density at radius 3 is 2.33 bits per heavy atom. The molecular formula is C19H31NO3Si. The summed E-state index contributed by atoms with van der Waals surface area (Å²) in [7, 11) is -0.0423. The van der Waals surface area contributed by atoms with Gasteiger partial charge in [0.1, 0.15) is 5.75 Å². The second-order valence-corrected chi connectivity index (χ2v) is 12.9. The van der Waals surface area contributed by atoms with Crippen molar-refractivity contribution in [3.8, 4) is 5.75 Å². The Morgan fingerprint density at radius 1 is 1.21 bits per heavy atom. The quantitative estimate of drug-likeness (QED) is 0.547. The Hall–Kier alpha value is -1.33. The van der Waals surface area contributed by atoms with Crippen LogP contribution >= 0.6 is 0 Å². The van der Waals surface area contributed by atoms with Crippen molar-refractivity contribution in [2.45, 2.75) is 64.3 Å². The number of β-lactam (4-membered cyclic amide) rings is 1. The number of amides is 1. The summed E-state index contributed by atoms with van der Waals surface area (Å²) < 4.78 is 11.4. The Bertz CT molecular complexity index is 563. The van der Waals surface area contributed by atoms with E-state index >= 15 is 0 Å². The number of carbonyl (C=O) groups excluding carboxylic acids is 1. The fourth-order valence-corrected chi connectivity index (χ4v) is 3.65. The molecule has 1 amide bonds. The maximum atomic E-state index is 12.0. The van der Waals surface area contributed by atoms with Gasteiger partial charge in [-0.25, -0.2) is 0 Å². The van der Waals surface area contributed by atoms with Crippen LogP contribution in [-0.2, 0) is 15.8 Å². The Labute approximate surface area is 147 Å². The lowest BCUT2D eigenvalue weighted by atomic mass is 9.98. The molecule has 0 spiro atoms. The van der Waals surface area contributed by atoms with Gasteiger partial charge in [-0.3, -0.25) is 4.79 Å². The number of benzene rings is 1. The van der Waals surface area contributed by atoms with Crippen LogP contribution in [0.5, 0.6) is 5.75 Å². The minimum absolute atomic E-state index is 0.227. The molecule has 0 saturated carbocycles. The third-order valence-corrected chi connectivity index (χ3v) is 9.94. The molecule has 2 rings (SSSR count). The van der Waals surface area contributed by atoms with Crippen molar-refractivity contribution in [1.29, 1.82) is 0 Å². The van der Waals surface area contributed by atoms with Crippen LogP contribution in [-0.4, -0.2) is 38.9 Å². The molecule has 1 fully saturated rings. The number of hydrogen-bond acceptors (Lipinski definition) is 3. The van der Waals surface area contributed by atoms with E-state index in [-0.39, 0.29) is 10.9 Å². The van der Waals surface area contributed by atoms with Crippen LogP contribution in [0, 0.1) is 0 Å². The molecule has 24 heavy (non-hydrogen) atoms. The molecule has 1 heterocycles. The van der Waals surface area contributed by atoms with Gasteiger partial charge in [0.15, 0.2) is 8.32 Å². The topological polar surface area (TPSA) is 38.8 Å². The third-order valence-electron chi connectivity index (χ3n) is 5.40. The summed E-state index contributed by atoms with van der Waals surface area (Å²) in [6.07, 6.45) is 1.57. The van der Waals surface area contributed by atoms with E-state index in [1.165, 1.54) is 0 Å². The highest BCUT2D eigenvalue weighted by molar-refractivity contribution is 6.74. The van der Waals surface area contributed by atoms with Crippen molar-refractivity contribution >= 4 is 14.2 Å². The second kappa shape index (κ2) is 7.27. The van der Waals surface area contributed by atoms with Gasteiger partial charge in [0.25, 0.3) is 0 Å². The molecule has 0 radical (unpaired) electrons. The number of hydrogen-bond donors (Lipinski definition) is 0. The van der Waals surface area contributed by atoms with Crippen LogP contribution < -0.4 is 4.74 Å². The van der Waals surface area contributed by atoms with Gasteiger partial charge in [-0.2, -0.15) is 0 Å². The highest BCUT2D eigenvalue weighted by Gasteiger charge is 2.39. The van der Waals surface area contributed by atoms with Gasteiger partial charge >= 0.3 is 0 Å². The van der Waals surface area contributed by atoms with E-state index in [9.17, 15) is 4.79 Å². The minimum atomic E-state index is -1.70. The summed E-state index contributed by atoms with van der Waals surface area (Å²) in [4.78, 5) is 13.9. The van der Waals surface area contributed by atoms with Crippen molar-refractivity contribution in [2.24, 2.45) is 0 Å². The van der Waals surface area contributed by atoms with Gasteiger partial charge in [0.05, 0.1) is 7.11 Å². The molecule has 1 aliphatic rings. The SMILES string of the molecule is COc1ccc(CN2C(=O)CC2CCO[Si](C)(C)C(C)(C)C)cc1. The van der Waals surface area contributed by atoms with Gasteiger partial charge in [0.2, 0.25) is 5.91 Å². The zero-order valence-electron chi connectivity index (χ0n) is 15.9. The van der Waals surface area contributed by atoms with Crippen LogP contribution in [0.2, 0.25) is 18.1 Å². The van der Waals surface area contributed by atoms with Gasteiger partial charge in [-0.1, -0.05) is 32.9 Å². The molecule has 0 bridgehead atoms. The van der Waals surface area contributed by atoms with Crippen molar-refractivity contribution < 1.29 is 14.0 Å². The fourth-order valence-electron chi connectivity index (χ4n) is 2.59. The Kier molecular flexibility index (Phi) is 5.76. The molecule has 1 atom stereocenters. The van der Waals surface area contributed by atoms with Crippen molar-refractivity contribution in [1.82, 2.24) is 4.90 Å². The number of rotatable bonds is 7. The lowest BCUT2D eigenvalue weighted by Crippen LogP contribution is -2.52. The number of likely N-dealkylation sites (tertiary alicyclic amines) is 1. The van der Waals surface area contributed by atoms with Gasteiger partial charge < -0.3 is 14.1 Å². The standard InChI is InChI=1S/C19H31NO3Si/c1-19(2,3)24(5,6)23-12-11-16-13-18(21)20(16)14-15-7-9-17(22-4)10-8-15/h7-10,16H,11-14H2,1-6H3. The number of methoxy groups -OCH3 is 1. The number of carbonyl (C=O) groups is 1. The molecule has 5 heteroatoms. The van der Waals surface area contributed by atoms with Crippen LogP contribution in [0.1, 0.15) is 39.2 Å². The predicted molar refractivity (Wildman–Crippen MR) is 99.7 cm³/mol. The summed E-state index contributed by atoms with van der Waals surface area (Å²) in [5.74, 6) is 1.08. The maximum absolute atomic E-state index is 12.0. The average Bonchev–Trinajstić information content (AvgIpc) is 2.51. The minimum Gasteiger partial charge on any atom is -0.497 e. The molecule has 1 saturated heterocycles. The highest BCUT2D eigenvalue weighted by atomic mass is 28.4. The molecule has 4 nitrogen and oxygen atoms in total. The molecular weight excluding hydrogens is 318 g/mol. The summed E-state index contributed by atoms with van der Waals surface area (Å²) >= 11 is 0. The summed E-state index contributed by atoms with van der Waals surface area (Å²) in [5.41, 5.74) is 1.14. The van der Waals surface area contributed by atoms with Gasteiger partial charge in [0, 0.05) is 25.6 Å². The van der Waals surface area contributed by atoms with E-state index in [1.807, 2.05) is 29.2 Å². The van der Waals surface area contributed by atoms with E-state index in [0.29, 0.717) is 19.0 Å². The number of ether oxygens (including phenoxy) is 1. The Morgan fingerprint density at radius 2 is 1.83 bits per heavy atom. The first-order chi connectivity index (χ1) is 11.1. The second-order valence-electron chi connectivity index (χ2n) is 8.13. The first-order valence-corrected chi connectivity index (χ1v) is 11.6.